The van der Waals surface area contributed by atoms with Crippen molar-refractivity contribution in [2.24, 2.45) is 5.92 Å². The molecular formula is C20H27ClN2O4. The maximum atomic E-state index is 13.4. The smallest absolute Gasteiger partial charge is 0.257 e. The summed E-state index contributed by atoms with van der Waals surface area (Å²) < 4.78 is 10.9. The number of carbonyl (C=O) groups is 2. The molecular weight excluding hydrogens is 368 g/mol. The van der Waals surface area contributed by atoms with Gasteiger partial charge in [-0.1, -0.05) is 24.4 Å². The quantitative estimate of drug-likeness (QED) is 0.837. The number of fused-ring (bicyclic) bond motifs is 1. The maximum Gasteiger partial charge on any atom is 0.257 e. The van der Waals surface area contributed by atoms with Crippen molar-refractivity contribution in [3.05, 3.63) is 28.8 Å². The minimum atomic E-state index is -0.181. The second kappa shape index (κ2) is 9.42. The van der Waals surface area contributed by atoms with E-state index >= 15 is 0 Å². The molecule has 2 fully saturated rings. The zero-order valence-electron chi connectivity index (χ0n) is 15.7. The second-order valence-electron chi connectivity index (χ2n) is 7.06. The lowest BCUT2D eigenvalue weighted by molar-refractivity contribution is -0.128. The third kappa shape index (κ3) is 4.74. The Morgan fingerprint density at radius 1 is 1.26 bits per heavy atom. The number of ether oxygens (including phenoxy) is 2. The van der Waals surface area contributed by atoms with Gasteiger partial charge in [0.25, 0.3) is 5.91 Å². The van der Waals surface area contributed by atoms with Crippen molar-refractivity contribution in [1.82, 2.24) is 10.2 Å². The highest BCUT2D eigenvalue weighted by atomic mass is 35.5. The number of benzene rings is 1. The van der Waals surface area contributed by atoms with Crippen molar-refractivity contribution >= 4 is 23.4 Å². The van der Waals surface area contributed by atoms with Crippen LogP contribution < -0.4 is 10.1 Å². The Balaban J connectivity index is 1.92. The minimum absolute atomic E-state index is 0.0195. The van der Waals surface area contributed by atoms with Crippen LogP contribution in [0.4, 0.5) is 0 Å². The molecule has 1 aliphatic carbocycles. The topological polar surface area (TPSA) is 67.9 Å². The predicted molar refractivity (Wildman–Crippen MR) is 103 cm³/mol. The van der Waals surface area contributed by atoms with Crippen LogP contribution in [0.2, 0.25) is 5.02 Å². The van der Waals surface area contributed by atoms with Crippen LogP contribution in [0, 0.1) is 5.92 Å². The Morgan fingerprint density at radius 3 is 2.89 bits per heavy atom. The molecule has 1 N–H and O–H groups in total. The molecule has 6 nitrogen and oxygen atoms in total. The average Bonchev–Trinajstić information content (AvgIpc) is 2.72. The molecule has 1 heterocycles. The summed E-state index contributed by atoms with van der Waals surface area (Å²) >= 11 is 6.05. The largest absolute Gasteiger partial charge is 0.496 e. The second-order valence-corrected chi connectivity index (χ2v) is 7.49. The summed E-state index contributed by atoms with van der Waals surface area (Å²) in [4.78, 5) is 28.0. The fraction of sp³-hybridized carbons (Fsp3) is 0.600. The molecule has 2 atom stereocenters. The van der Waals surface area contributed by atoms with E-state index < -0.39 is 0 Å². The van der Waals surface area contributed by atoms with E-state index in [2.05, 4.69) is 5.32 Å². The number of methoxy groups -OCH3 is 1. The molecule has 148 valence electrons. The van der Waals surface area contributed by atoms with Crippen molar-refractivity contribution in [3.8, 4) is 5.75 Å². The van der Waals surface area contributed by atoms with Crippen LogP contribution in [-0.2, 0) is 9.53 Å². The van der Waals surface area contributed by atoms with E-state index in [1.54, 1.807) is 18.2 Å². The highest BCUT2D eigenvalue weighted by Crippen LogP contribution is 2.32. The Bertz CT molecular complexity index is 682. The lowest BCUT2D eigenvalue weighted by Gasteiger charge is -2.39. The number of rotatable bonds is 2. The van der Waals surface area contributed by atoms with Crippen LogP contribution in [0.5, 0.6) is 5.75 Å². The third-order valence-corrected chi connectivity index (χ3v) is 5.59. The number of carbonyl (C=O) groups excluding carboxylic acids is 2. The standard InChI is InChI=1S/C20H27ClN2O4/c1-26-18-13-14(21)7-8-16(18)20(25)23-10-4-11-27-12-9-22-19(24)15-5-2-3-6-17(15)23/h7-8,13,15,17H,2-6,9-12H2,1H3,(H,22,24)/t15-,17+/m1/s1. The monoisotopic (exact) mass is 394 g/mol. The summed E-state index contributed by atoms with van der Waals surface area (Å²) in [6.45, 7) is 2.14. The molecule has 7 heteroatoms. The molecule has 1 saturated heterocycles. The van der Waals surface area contributed by atoms with E-state index in [4.69, 9.17) is 21.1 Å². The van der Waals surface area contributed by atoms with Crippen molar-refractivity contribution in [2.75, 3.05) is 33.4 Å². The van der Waals surface area contributed by atoms with E-state index in [0.29, 0.717) is 42.6 Å². The summed E-state index contributed by atoms with van der Waals surface area (Å²) in [5.41, 5.74) is 0.474. The number of nitrogens with zero attached hydrogens (tertiary/aromatic N) is 1. The van der Waals surface area contributed by atoms with E-state index in [1.165, 1.54) is 7.11 Å². The zero-order valence-corrected chi connectivity index (χ0v) is 16.5. The SMILES string of the molecule is COc1cc(Cl)ccc1C(=O)N1CCCOCCNC(=O)[C@@H]2CCCC[C@@H]21. The highest BCUT2D eigenvalue weighted by molar-refractivity contribution is 6.30. The van der Waals surface area contributed by atoms with Crippen molar-refractivity contribution < 1.29 is 19.1 Å². The summed E-state index contributed by atoms with van der Waals surface area (Å²) in [5.74, 6) is 0.174. The first-order valence-corrected chi connectivity index (χ1v) is 9.99. The van der Waals surface area contributed by atoms with Gasteiger partial charge in [0.15, 0.2) is 0 Å². The summed E-state index contributed by atoms with van der Waals surface area (Å²) in [5, 5.41) is 3.48. The van der Waals surface area contributed by atoms with Crippen LogP contribution in [0.25, 0.3) is 0 Å². The first-order chi connectivity index (χ1) is 13.1. The van der Waals surface area contributed by atoms with Gasteiger partial charge in [-0.25, -0.2) is 0 Å². The number of nitrogens with one attached hydrogen (secondary N) is 1. The van der Waals surface area contributed by atoms with Crippen LogP contribution in [0.15, 0.2) is 18.2 Å². The van der Waals surface area contributed by atoms with Crippen LogP contribution in [0.1, 0.15) is 42.5 Å². The molecule has 0 spiro atoms. The van der Waals surface area contributed by atoms with Gasteiger partial charge in [0.1, 0.15) is 5.75 Å². The first kappa shape index (κ1) is 20.0. The van der Waals surface area contributed by atoms with Gasteiger partial charge in [-0.3, -0.25) is 9.59 Å². The molecule has 1 aromatic rings. The number of hydrogen-bond donors (Lipinski definition) is 1. The van der Waals surface area contributed by atoms with Gasteiger partial charge in [-0.15, -0.1) is 0 Å². The molecule has 3 rings (SSSR count). The Hall–Kier alpha value is -1.79. The molecule has 0 unspecified atom stereocenters. The number of amides is 2. The zero-order chi connectivity index (χ0) is 19.2. The molecule has 2 amide bonds. The van der Waals surface area contributed by atoms with Gasteiger partial charge in [-0.05, 0) is 37.5 Å². The molecule has 1 aromatic carbocycles. The van der Waals surface area contributed by atoms with E-state index in [9.17, 15) is 9.59 Å². The molecule has 1 saturated carbocycles. The predicted octanol–water partition coefficient (Wildman–Crippen LogP) is 2.89. The normalized spacial score (nSPS) is 24.4. The Labute approximate surface area is 165 Å². The fourth-order valence-electron chi connectivity index (χ4n) is 4.02. The van der Waals surface area contributed by atoms with Gasteiger partial charge in [0.2, 0.25) is 5.91 Å². The van der Waals surface area contributed by atoms with Crippen LogP contribution >= 0.6 is 11.6 Å². The van der Waals surface area contributed by atoms with Gasteiger partial charge in [0.05, 0.1) is 25.2 Å². The molecule has 1 aliphatic heterocycles. The number of hydrogen-bond acceptors (Lipinski definition) is 4. The van der Waals surface area contributed by atoms with E-state index in [0.717, 1.165) is 32.1 Å². The Kier molecular flexibility index (Phi) is 6.96. The molecule has 0 bridgehead atoms. The number of halogens is 1. The maximum absolute atomic E-state index is 13.4. The van der Waals surface area contributed by atoms with Gasteiger partial charge in [0, 0.05) is 30.8 Å². The Morgan fingerprint density at radius 2 is 2.07 bits per heavy atom. The lowest BCUT2D eigenvalue weighted by Crippen LogP contribution is -2.51. The summed E-state index contributed by atoms with van der Waals surface area (Å²) in [6, 6.07) is 4.93. The van der Waals surface area contributed by atoms with Gasteiger partial charge in [-0.2, -0.15) is 0 Å². The summed E-state index contributed by atoms with van der Waals surface area (Å²) in [7, 11) is 1.53. The fourth-order valence-corrected chi connectivity index (χ4v) is 4.18. The molecule has 0 radical (unpaired) electrons. The van der Waals surface area contributed by atoms with E-state index in [-0.39, 0.29) is 23.8 Å². The van der Waals surface area contributed by atoms with Crippen LogP contribution in [-0.4, -0.2) is 56.2 Å². The summed E-state index contributed by atoms with van der Waals surface area (Å²) in [6.07, 6.45) is 4.41. The third-order valence-electron chi connectivity index (χ3n) is 5.35. The molecule has 0 aromatic heterocycles. The van der Waals surface area contributed by atoms with Crippen molar-refractivity contribution in [1.29, 1.82) is 0 Å². The van der Waals surface area contributed by atoms with Crippen LogP contribution in [0.3, 0.4) is 0 Å². The lowest BCUT2D eigenvalue weighted by atomic mass is 9.82. The molecule has 27 heavy (non-hydrogen) atoms. The first-order valence-electron chi connectivity index (χ1n) is 9.62. The van der Waals surface area contributed by atoms with E-state index in [1.807, 2.05) is 4.90 Å². The minimum Gasteiger partial charge on any atom is -0.496 e. The van der Waals surface area contributed by atoms with Crippen molar-refractivity contribution in [3.63, 3.8) is 0 Å². The van der Waals surface area contributed by atoms with Crippen molar-refractivity contribution in [2.45, 2.75) is 38.1 Å². The van der Waals surface area contributed by atoms with Gasteiger partial charge >= 0.3 is 0 Å². The van der Waals surface area contributed by atoms with Gasteiger partial charge < -0.3 is 19.7 Å². The molecule has 2 aliphatic rings. The highest BCUT2D eigenvalue weighted by Gasteiger charge is 2.37. The average molecular weight is 395 g/mol.